The molecule has 1 heterocycles. The fourth-order valence-corrected chi connectivity index (χ4v) is 2.13. The van der Waals surface area contributed by atoms with Crippen LogP contribution in [0.1, 0.15) is 36.1 Å². The number of fused-ring (bicyclic) bond motifs is 1. The molecule has 0 saturated carbocycles. The molecule has 2 N–H and O–H groups in total. The predicted octanol–water partition coefficient (Wildman–Crippen LogP) is 2.47. The fourth-order valence-electron chi connectivity index (χ4n) is 2.13. The monoisotopic (exact) mass is 191 g/mol. The molecule has 2 atom stereocenters. The Morgan fingerprint density at radius 2 is 1.93 bits per heavy atom. The van der Waals surface area contributed by atoms with Crippen molar-refractivity contribution in [1.82, 2.24) is 0 Å². The summed E-state index contributed by atoms with van der Waals surface area (Å²) < 4.78 is 5.85. The number of nitrogens with two attached hydrogens (primary N) is 1. The van der Waals surface area contributed by atoms with Gasteiger partial charge in [0.2, 0.25) is 0 Å². The predicted molar refractivity (Wildman–Crippen MR) is 57.6 cm³/mol. The first-order valence-electron chi connectivity index (χ1n) is 5.17. The van der Waals surface area contributed by atoms with Gasteiger partial charge in [0.1, 0.15) is 11.9 Å². The van der Waals surface area contributed by atoms with Gasteiger partial charge in [0.05, 0.1) is 6.04 Å². The van der Waals surface area contributed by atoms with Crippen molar-refractivity contribution in [3.63, 3.8) is 0 Å². The smallest absolute Gasteiger partial charge is 0.127 e. The first kappa shape index (κ1) is 9.53. The standard InChI is InChI=1S/C12H17NO/c1-4-9-11(13)10-7(2)5-6-8(3)12(10)14-9/h5-6,9,11H,4,13H2,1-3H3. The molecule has 1 aliphatic heterocycles. The summed E-state index contributed by atoms with van der Waals surface area (Å²) in [6.07, 6.45) is 1.12. The Labute approximate surface area is 85.1 Å². The van der Waals surface area contributed by atoms with E-state index in [9.17, 15) is 0 Å². The Bertz CT molecular complexity index is 360. The van der Waals surface area contributed by atoms with E-state index in [4.69, 9.17) is 10.5 Å². The van der Waals surface area contributed by atoms with Crippen molar-refractivity contribution >= 4 is 0 Å². The summed E-state index contributed by atoms with van der Waals surface area (Å²) in [7, 11) is 0. The van der Waals surface area contributed by atoms with Crippen molar-refractivity contribution in [2.24, 2.45) is 5.73 Å². The molecule has 1 aromatic carbocycles. The molecular formula is C12H17NO. The van der Waals surface area contributed by atoms with E-state index in [1.807, 2.05) is 0 Å². The normalized spacial score (nSPS) is 24.6. The van der Waals surface area contributed by atoms with Crippen molar-refractivity contribution in [2.75, 3.05) is 0 Å². The van der Waals surface area contributed by atoms with Gasteiger partial charge in [-0.2, -0.15) is 0 Å². The van der Waals surface area contributed by atoms with Gasteiger partial charge in [0, 0.05) is 5.56 Å². The number of benzene rings is 1. The summed E-state index contributed by atoms with van der Waals surface area (Å²) in [6.45, 7) is 6.28. The van der Waals surface area contributed by atoms with Gasteiger partial charge < -0.3 is 10.5 Å². The van der Waals surface area contributed by atoms with E-state index in [-0.39, 0.29) is 12.1 Å². The second-order valence-corrected chi connectivity index (χ2v) is 4.03. The third-order valence-corrected chi connectivity index (χ3v) is 3.02. The van der Waals surface area contributed by atoms with E-state index < -0.39 is 0 Å². The van der Waals surface area contributed by atoms with E-state index in [1.54, 1.807) is 0 Å². The lowest BCUT2D eigenvalue weighted by atomic mass is 9.97. The van der Waals surface area contributed by atoms with Crippen molar-refractivity contribution in [3.05, 3.63) is 28.8 Å². The second-order valence-electron chi connectivity index (χ2n) is 4.03. The maximum absolute atomic E-state index is 6.15. The molecule has 2 nitrogen and oxygen atoms in total. The first-order chi connectivity index (χ1) is 6.65. The molecular weight excluding hydrogens is 174 g/mol. The number of ether oxygens (including phenoxy) is 1. The molecule has 2 unspecified atom stereocenters. The average Bonchev–Trinajstić information content (AvgIpc) is 2.51. The summed E-state index contributed by atoms with van der Waals surface area (Å²) >= 11 is 0. The largest absolute Gasteiger partial charge is 0.488 e. The van der Waals surface area contributed by atoms with Gasteiger partial charge in [-0.15, -0.1) is 0 Å². The molecule has 1 aliphatic rings. The first-order valence-corrected chi connectivity index (χ1v) is 5.17. The van der Waals surface area contributed by atoms with Crippen molar-refractivity contribution in [3.8, 4) is 5.75 Å². The highest BCUT2D eigenvalue weighted by atomic mass is 16.5. The van der Waals surface area contributed by atoms with E-state index in [0.29, 0.717) is 0 Å². The quantitative estimate of drug-likeness (QED) is 0.740. The number of hydrogen-bond donors (Lipinski definition) is 1. The lowest BCUT2D eigenvalue weighted by Gasteiger charge is -2.12. The Morgan fingerprint density at radius 1 is 1.29 bits per heavy atom. The van der Waals surface area contributed by atoms with Crippen LogP contribution in [-0.2, 0) is 0 Å². The highest BCUT2D eigenvalue weighted by Gasteiger charge is 2.32. The van der Waals surface area contributed by atoms with Gasteiger partial charge in [0.25, 0.3) is 0 Å². The van der Waals surface area contributed by atoms with Crippen LogP contribution in [0.25, 0.3) is 0 Å². The summed E-state index contributed by atoms with van der Waals surface area (Å²) in [5.41, 5.74) is 9.79. The molecule has 0 aromatic heterocycles. The molecule has 0 radical (unpaired) electrons. The molecule has 0 aliphatic carbocycles. The number of hydrogen-bond acceptors (Lipinski definition) is 2. The Balaban J connectivity index is 2.52. The summed E-state index contributed by atoms with van der Waals surface area (Å²) in [5, 5.41) is 0. The number of rotatable bonds is 1. The molecule has 0 fully saturated rings. The highest BCUT2D eigenvalue weighted by molar-refractivity contribution is 5.50. The van der Waals surface area contributed by atoms with E-state index >= 15 is 0 Å². The van der Waals surface area contributed by atoms with Crippen LogP contribution in [0.2, 0.25) is 0 Å². The van der Waals surface area contributed by atoms with Gasteiger partial charge >= 0.3 is 0 Å². The molecule has 76 valence electrons. The third-order valence-electron chi connectivity index (χ3n) is 3.02. The molecule has 1 aromatic rings. The Kier molecular flexibility index (Phi) is 2.23. The van der Waals surface area contributed by atoms with Crippen LogP contribution in [0.15, 0.2) is 12.1 Å². The number of aryl methyl sites for hydroxylation is 2. The van der Waals surface area contributed by atoms with Crippen LogP contribution < -0.4 is 10.5 Å². The van der Waals surface area contributed by atoms with Gasteiger partial charge in [-0.25, -0.2) is 0 Å². The van der Waals surface area contributed by atoms with Gasteiger partial charge in [-0.1, -0.05) is 19.1 Å². The topological polar surface area (TPSA) is 35.2 Å². The molecule has 2 heteroatoms. The molecule has 2 rings (SSSR count). The molecule has 0 saturated heterocycles. The minimum atomic E-state index is 0.0508. The van der Waals surface area contributed by atoms with Crippen LogP contribution in [0.4, 0.5) is 0 Å². The van der Waals surface area contributed by atoms with Crippen molar-refractivity contribution in [2.45, 2.75) is 39.3 Å². The maximum Gasteiger partial charge on any atom is 0.127 e. The average molecular weight is 191 g/mol. The van der Waals surface area contributed by atoms with E-state index in [2.05, 4.69) is 32.9 Å². The zero-order valence-corrected chi connectivity index (χ0v) is 9.00. The Morgan fingerprint density at radius 3 is 2.50 bits per heavy atom. The van der Waals surface area contributed by atoms with Crippen LogP contribution in [-0.4, -0.2) is 6.10 Å². The zero-order chi connectivity index (χ0) is 10.3. The van der Waals surface area contributed by atoms with Gasteiger partial charge in [-0.3, -0.25) is 0 Å². The second kappa shape index (κ2) is 3.28. The summed E-state index contributed by atoms with van der Waals surface area (Å²) in [5.74, 6) is 1.02. The molecule has 0 bridgehead atoms. The van der Waals surface area contributed by atoms with Crippen LogP contribution in [0, 0.1) is 13.8 Å². The minimum Gasteiger partial charge on any atom is -0.488 e. The third kappa shape index (κ3) is 1.22. The fraction of sp³-hybridized carbons (Fsp3) is 0.500. The maximum atomic E-state index is 6.15. The minimum absolute atomic E-state index is 0.0508. The lowest BCUT2D eigenvalue weighted by Crippen LogP contribution is -2.24. The molecule has 14 heavy (non-hydrogen) atoms. The highest BCUT2D eigenvalue weighted by Crippen LogP contribution is 2.40. The van der Waals surface area contributed by atoms with Gasteiger partial charge in [-0.05, 0) is 31.4 Å². The van der Waals surface area contributed by atoms with Crippen LogP contribution in [0.5, 0.6) is 5.75 Å². The summed E-state index contributed by atoms with van der Waals surface area (Å²) in [4.78, 5) is 0. The van der Waals surface area contributed by atoms with Gasteiger partial charge in [0.15, 0.2) is 0 Å². The summed E-state index contributed by atoms with van der Waals surface area (Å²) in [6, 6.07) is 4.27. The molecule has 0 spiro atoms. The molecule has 0 amide bonds. The van der Waals surface area contributed by atoms with Crippen molar-refractivity contribution in [1.29, 1.82) is 0 Å². The zero-order valence-electron chi connectivity index (χ0n) is 9.00. The van der Waals surface area contributed by atoms with E-state index in [0.717, 1.165) is 12.2 Å². The van der Waals surface area contributed by atoms with Crippen LogP contribution in [0.3, 0.4) is 0 Å². The van der Waals surface area contributed by atoms with Crippen LogP contribution >= 0.6 is 0 Å². The van der Waals surface area contributed by atoms with E-state index in [1.165, 1.54) is 16.7 Å². The van der Waals surface area contributed by atoms with Crippen molar-refractivity contribution < 1.29 is 4.74 Å². The Hall–Kier alpha value is -1.02. The lowest BCUT2D eigenvalue weighted by molar-refractivity contribution is 0.201. The SMILES string of the molecule is CCC1Oc2c(C)ccc(C)c2C1N.